The zero-order valence-electron chi connectivity index (χ0n) is 8.13. The van der Waals surface area contributed by atoms with Crippen LogP contribution in [-0.4, -0.2) is 12.6 Å². The fourth-order valence-corrected chi connectivity index (χ4v) is 2.37. The molecule has 0 aromatic heterocycles. The molecule has 2 unspecified atom stereocenters. The Kier molecular flexibility index (Phi) is 2.85. The van der Waals surface area contributed by atoms with Crippen molar-refractivity contribution >= 4 is 0 Å². The van der Waals surface area contributed by atoms with E-state index in [0.29, 0.717) is 12.0 Å². The molecule has 2 fully saturated rings. The largest absolute Gasteiger partial charge is 0.312 e. The lowest BCUT2D eigenvalue weighted by Gasteiger charge is -2.27. The zero-order chi connectivity index (χ0) is 9.10. The van der Waals surface area contributed by atoms with E-state index in [9.17, 15) is 0 Å². The van der Waals surface area contributed by atoms with Gasteiger partial charge in [0.2, 0.25) is 0 Å². The van der Waals surface area contributed by atoms with E-state index in [4.69, 9.17) is 5.26 Å². The summed E-state index contributed by atoms with van der Waals surface area (Å²) < 4.78 is 0. The Balaban J connectivity index is 1.71. The number of nitriles is 1. The Morgan fingerprint density at radius 1 is 1.15 bits per heavy atom. The van der Waals surface area contributed by atoms with Crippen LogP contribution in [0.25, 0.3) is 0 Å². The van der Waals surface area contributed by atoms with E-state index < -0.39 is 0 Å². The van der Waals surface area contributed by atoms with Crippen LogP contribution in [-0.2, 0) is 0 Å². The SMILES string of the molecule is N#CC1CCCC1NCC1CCC1. The average molecular weight is 178 g/mol. The minimum absolute atomic E-state index is 0.292. The smallest absolute Gasteiger partial charge is 0.0672 e. The second-order valence-electron chi connectivity index (χ2n) is 4.48. The lowest BCUT2D eigenvalue weighted by atomic mass is 9.85. The number of nitrogens with zero attached hydrogens (tertiary/aromatic N) is 1. The van der Waals surface area contributed by atoms with Gasteiger partial charge >= 0.3 is 0 Å². The molecule has 2 aliphatic rings. The van der Waals surface area contributed by atoms with E-state index in [-0.39, 0.29) is 0 Å². The molecule has 1 N–H and O–H groups in total. The van der Waals surface area contributed by atoms with E-state index in [1.807, 2.05) is 0 Å². The van der Waals surface area contributed by atoms with Crippen molar-refractivity contribution < 1.29 is 0 Å². The molecule has 13 heavy (non-hydrogen) atoms. The van der Waals surface area contributed by atoms with Gasteiger partial charge in [0.1, 0.15) is 0 Å². The first-order valence-corrected chi connectivity index (χ1v) is 5.53. The molecule has 72 valence electrons. The van der Waals surface area contributed by atoms with Crippen LogP contribution in [0, 0.1) is 23.2 Å². The number of hydrogen-bond donors (Lipinski definition) is 1. The Hall–Kier alpha value is -0.550. The van der Waals surface area contributed by atoms with E-state index in [1.165, 1.54) is 32.1 Å². The quantitative estimate of drug-likeness (QED) is 0.718. The van der Waals surface area contributed by atoms with Gasteiger partial charge in [0.05, 0.1) is 12.0 Å². The molecule has 0 bridgehead atoms. The van der Waals surface area contributed by atoms with Crippen molar-refractivity contribution in [1.29, 1.82) is 5.26 Å². The number of rotatable bonds is 3. The molecule has 2 rings (SSSR count). The summed E-state index contributed by atoms with van der Waals surface area (Å²) in [4.78, 5) is 0. The normalized spacial score (nSPS) is 34.1. The molecule has 0 heterocycles. The summed E-state index contributed by atoms with van der Waals surface area (Å²) in [6.45, 7) is 1.16. The third-order valence-electron chi connectivity index (χ3n) is 3.58. The molecule has 0 aliphatic heterocycles. The summed E-state index contributed by atoms with van der Waals surface area (Å²) in [5, 5.41) is 12.4. The molecule has 0 radical (unpaired) electrons. The monoisotopic (exact) mass is 178 g/mol. The van der Waals surface area contributed by atoms with Crippen molar-refractivity contribution in [3.05, 3.63) is 0 Å². The van der Waals surface area contributed by atoms with E-state index in [2.05, 4.69) is 11.4 Å². The summed E-state index contributed by atoms with van der Waals surface area (Å²) in [6, 6.07) is 2.92. The first kappa shape index (κ1) is 9.02. The molecule has 2 saturated carbocycles. The van der Waals surface area contributed by atoms with E-state index >= 15 is 0 Å². The Morgan fingerprint density at radius 3 is 2.54 bits per heavy atom. The molecule has 2 aliphatic carbocycles. The summed E-state index contributed by atoms with van der Waals surface area (Å²) in [5.74, 6) is 1.21. The van der Waals surface area contributed by atoms with Crippen LogP contribution in [0.2, 0.25) is 0 Å². The summed E-state index contributed by atoms with van der Waals surface area (Å²) in [7, 11) is 0. The molecule has 0 aromatic rings. The van der Waals surface area contributed by atoms with Gasteiger partial charge in [-0.15, -0.1) is 0 Å². The van der Waals surface area contributed by atoms with Crippen LogP contribution < -0.4 is 5.32 Å². The standard InChI is InChI=1S/C11H18N2/c12-7-10-5-2-6-11(10)13-8-9-3-1-4-9/h9-11,13H,1-6,8H2. The zero-order valence-corrected chi connectivity index (χ0v) is 8.13. The Bertz CT molecular complexity index is 203. The van der Waals surface area contributed by atoms with Crippen LogP contribution in [0.1, 0.15) is 38.5 Å². The van der Waals surface area contributed by atoms with Crippen molar-refractivity contribution in [3.8, 4) is 6.07 Å². The lowest BCUT2D eigenvalue weighted by molar-refractivity contribution is 0.283. The van der Waals surface area contributed by atoms with E-state index in [0.717, 1.165) is 18.9 Å². The van der Waals surface area contributed by atoms with Crippen molar-refractivity contribution in [2.45, 2.75) is 44.6 Å². The molecule has 0 spiro atoms. The van der Waals surface area contributed by atoms with Gasteiger partial charge in [-0.2, -0.15) is 5.26 Å². The number of hydrogen-bond acceptors (Lipinski definition) is 2. The van der Waals surface area contributed by atoms with Crippen molar-refractivity contribution in [2.75, 3.05) is 6.54 Å². The Labute approximate surface area is 80.3 Å². The fraction of sp³-hybridized carbons (Fsp3) is 0.909. The van der Waals surface area contributed by atoms with Crippen LogP contribution in [0.15, 0.2) is 0 Å². The maximum Gasteiger partial charge on any atom is 0.0672 e. The molecular weight excluding hydrogens is 160 g/mol. The highest BCUT2D eigenvalue weighted by atomic mass is 14.9. The van der Waals surface area contributed by atoms with E-state index in [1.54, 1.807) is 0 Å². The highest BCUT2D eigenvalue weighted by Gasteiger charge is 2.27. The highest BCUT2D eigenvalue weighted by molar-refractivity contribution is 4.96. The second-order valence-corrected chi connectivity index (χ2v) is 4.48. The second kappa shape index (κ2) is 4.11. The van der Waals surface area contributed by atoms with Gasteiger partial charge in [-0.25, -0.2) is 0 Å². The maximum absolute atomic E-state index is 8.88. The summed E-state index contributed by atoms with van der Waals surface area (Å²) in [5.41, 5.74) is 0. The maximum atomic E-state index is 8.88. The number of nitrogens with one attached hydrogen (secondary N) is 1. The predicted octanol–water partition coefficient (Wildman–Crippen LogP) is 2.07. The third kappa shape index (κ3) is 2.03. The highest BCUT2D eigenvalue weighted by Crippen LogP contribution is 2.28. The lowest BCUT2D eigenvalue weighted by Crippen LogP contribution is -2.37. The minimum atomic E-state index is 0.292. The van der Waals surface area contributed by atoms with Crippen LogP contribution >= 0.6 is 0 Å². The molecule has 0 saturated heterocycles. The third-order valence-corrected chi connectivity index (χ3v) is 3.58. The predicted molar refractivity (Wildman–Crippen MR) is 52.1 cm³/mol. The van der Waals surface area contributed by atoms with Gasteiger partial charge in [-0.05, 0) is 38.1 Å². The van der Waals surface area contributed by atoms with Crippen molar-refractivity contribution in [1.82, 2.24) is 5.32 Å². The van der Waals surface area contributed by atoms with Crippen LogP contribution in [0.4, 0.5) is 0 Å². The molecule has 2 nitrogen and oxygen atoms in total. The summed E-state index contributed by atoms with van der Waals surface area (Å²) in [6.07, 6.45) is 7.77. The van der Waals surface area contributed by atoms with Crippen molar-refractivity contribution in [3.63, 3.8) is 0 Å². The van der Waals surface area contributed by atoms with Gasteiger partial charge in [0, 0.05) is 6.04 Å². The molecule has 0 amide bonds. The fourth-order valence-electron chi connectivity index (χ4n) is 2.37. The van der Waals surface area contributed by atoms with Crippen LogP contribution in [0.3, 0.4) is 0 Å². The molecule has 0 aromatic carbocycles. The Morgan fingerprint density at radius 2 is 1.92 bits per heavy atom. The van der Waals surface area contributed by atoms with Crippen molar-refractivity contribution in [2.24, 2.45) is 11.8 Å². The van der Waals surface area contributed by atoms with Gasteiger partial charge in [-0.3, -0.25) is 0 Å². The van der Waals surface area contributed by atoms with Gasteiger partial charge in [-0.1, -0.05) is 12.8 Å². The first-order chi connectivity index (χ1) is 6.40. The van der Waals surface area contributed by atoms with Gasteiger partial charge in [0.25, 0.3) is 0 Å². The van der Waals surface area contributed by atoms with Gasteiger partial charge < -0.3 is 5.32 Å². The minimum Gasteiger partial charge on any atom is -0.312 e. The molecular formula is C11H18N2. The first-order valence-electron chi connectivity index (χ1n) is 5.53. The van der Waals surface area contributed by atoms with Gasteiger partial charge in [0.15, 0.2) is 0 Å². The average Bonchev–Trinajstić information content (AvgIpc) is 2.49. The topological polar surface area (TPSA) is 35.8 Å². The molecule has 2 atom stereocenters. The van der Waals surface area contributed by atoms with Crippen LogP contribution in [0.5, 0.6) is 0 Å². The molecule has 2 heteroatoms. The summed E-state index contributed by atoms with van der Waals surface area (Å²) >= 11 is 0.